The quantitative estimate of drug-likeness (QED) is 0.628. The van der Waals surface area contributed by atoms with Gasteiger partial charge in [-0.2, -0.15) is 0 Å². The summed E-state index contributed by atoms with van der Waals surface area (Å²) >= 11 is 6.07. The molecule has 1 aromatic heterocycles. The molecule has 8 nitrogen and oxygen atoms in total. The molecule has 0 radical (unpaired) electrons. The number of rotatable bonds is 7. The second-order valence-corrected chi connectivity index (χ2v) is 7.13. The Morgan fingerprint density at radius 1 is 1.33 bits per heavy atom. The van der Waals surface area contributed by atoms with E-state index in [0.29, 0.717) is 30.0 Å². The molecule has 1 aliphatic heterocycles. The number of nitrogens with zero attached hydrogens (tertiary/aromatic N) is 2. The summed E-state index contributed by atoms with van der Waals surface area (Å²) in [5.74, 6) is 0.0496. The number of aryl methyl sites for hydroxylation is 1. The number of piperidine rings is 1. The van der Waals surface area contributed by atoms with Gasteiger partial charge in [0.15, 0.2) is 0 Å². The second-order valence-electron chi connectivity index (χ2n) is 6.72. The number of benzene rings is 1. The predicted octanol–water partition coefficient (Wildman–Crippen LogP) is 3.17. The number of ether oxygens (including phenoxy) is 2. The number of alkyl halides is 3. The maximum atomic E-state index is 12.4. The van der Waals surface area contributed by atoms with Gasteiger partial charge in [0, 0.05) is 23.2 Å². The Morgan fingerprint density at radius 2 is 2.13 bits per heavy atom. The number of hydrogen-bond acceptors (Lipinski definition) is 7. The zero-order valence-corrected chi connectivity index (χ0v) is 16.7. The van der Waals surface area contributed by atoms with E-state index in [1.807, 2.05) is 6.92 Å². The Hall–Kier alpha value is -2.37. The maximum Gasteiger partial charge on any atom is 0.522 e. The topological polar surface area (TPSA) is 98.5 Å². The van der Waals surface area contributed by atoms with Gasteiger partial charge in [-0.1, -0.05) is 22.8 Å². The number of carbonyl (C=O) groups is 1. The third-order valence-corrected chi connectivity index (χ3v) is 4.89. The van der Waals surface area contributed by atoms with Crippen molar-refractivity contribution in [2.45, 2.75) is 38.2 Å². The molecular weight excluding hydrogens is 429 g/mol. The molecule has 164 valence electrons. The number of halogens is 4. The van der Waals surface area contributed by atoms with Gasteiger partial charge in [-0.3, -0.25) is 9.53 Å². The minimum atomic E-state index is -4.72. The Balaban J connectivity index is 1.43. The third-order valence-electron chi connectivity index (χ3n) is 4.48. The molecule has 1 aliphatic rings. The number of hydrogen-bond donors (Lipinski definition) is 2. The van der Waals surface area contributed by atoms with Crippen LogP contribution in [-0.4, -0.2) is 48.3 Å². The van der Waals surface area contributed by atoms with Crippen LogP contribution in [0.5, 0.6) is 6.08 Å². The van der Waals surface area contributed by atoms with Gasteiger partial charge in [-0.05, 0) is 37.5 Å². The van der Waals surface area contributed by atoms with Crippen molar-refractivity contribution in [3.05, 3.63) is 40.2 Å². The van der Waals surface area contributed by atoms with Crippen molar-refractivity contribution in [1.29, 1.82) is 0 Å². The van der Waals surface area contributed by atoms with Gasteiger partial charge in [-0.15, -0.1) is 18.3 Å². The summed E-state index contributed by atoms with van der Waals surface area (Å²) in [6.07, 6.45) is -3.67. The zero-order chi connectivity index (χ0) is 21.7. The molecule has 0 aliphatic carbocycles. The van der Waals surface area contributed by atoms with E-state index in [2.05, 4.69) is 25.6 Å². The Morgan fingerprint density at radius 3 is 2.80 bits per heavy atom. The van der Waals surface area contributed by atoms with E-state index >= 15 is 0 Å². The highest BCUT2D eigenvalue weighted by atomic mass is 35.5. The van der Waals surface area contributed by atoms with Crippen LogP contribution < -0.4 is 15.4 Å². The van der Waals surface area contributed by atoms with E-state index in [4.69, 9.17) is 20.8 Å². The monoisotopic (exact) mass is 448 g/mol. The van der Waals surface area contributed by atoms with Crippen LogP contribution in [0.1, 0.15) is 40.7 Å². The third kappa shape index (κ3) is 6.31. The highest BCUT2D eigenvalue weighted by Crippen LogP contribution is 2.24. The van der Waals surface area contributed by atoms with Crippen LogP contribution in [0.2, 0.25) is 5.02 Å². The van der Waals surface area contributed by atoms with E-state index in [0.717, 1.165) is 5.56 Å². The average Bonchev–Trinajstić information content (AvgIpc) is 3.16. The zero-order valence-electron chi connectivity index (χ0n) is 16.0. The summed E-state index contributed by atoms with van der Waals surface area (Å²) in [4.78, 5) is 12.4. The van der Waals surface area contributed by atoms with Gasteiger partial charge in [0.25, 0.3) is 5.91 Å². The van der Waals surface area contributed by atoms with Crippen molar-refractivity contribution in [1.82, 2.24) is 20.8 Å². The molecule has 1 amide bonds. The SMILES string of the molecule is Cc1ccc(C(=O)N[C@H]2CC[C@H](c3nnc(OCCOC(F)(F)F)o3)NC2)cc1Cl. The van der Waals surface area contributed by atoms with Crippen molar-refractivity contribution in [3.63, 3.8) is 0 Å². The summed E-state index contributed by atoms with van der Waals surface area (Å²) in [5, 5.41) is 14.2. The smallest absolute Gasteiger partial charge is 0.447 e. The lowest BCUT2D eigenvalue weighted by atomic mass is 10.00. The highest BCUT2D eigenvalue weighted by Gasteiger charge is 2.29. The number of aromatic nitrogens is 2. The lowest BCUT2D eigenvalue weighted by Crippen LogP contribution is -2.46. The molecule has 30 heavy (non-hydrogen) atoms. The number of carbonyl (C=O) groups excluding carboxylic acids is 1. The summed E-state index contributed by atoms with van der Waals surface area (Å²) < 4.78 is 49.6. The lowest BCUT2D eigenvalue weighted by molar-refractivity contribution is -0.325. The number of nitrogens with one attached hydrogen (secondary N) is 2. The first-order valence-electron chi connectivity index (χ1n) is 9.18. The van der Waals surface area contributed by atoms with Crippen molar-refractivity contribution in [2.75, 3.05) is 19.8 Å². The van der Waals surface area contributed by atoms with Crippen molar-refractivity contribution in [2.24, 2.45) is 0 Å². The van der Waals surface area contributed by atoms with Gasteiger partial charge in [-0.25, -0.2) is 0 Å². The molecule has 2 heterocycles. The first-order chi connectivity index (χ1) is 14.2. The van der Waals surface area contributed by atoms with Gasteiger partial charge < -0.3 is 19.8 Å². The molecule has 2 atom stereocenters. The maximum absolute atomic E-state index is 12.4. The van der Waals surface area contributed by atoms with Crippen molar-refractivity contribution in [3.8, 4) is 6.08 Å². The summed E-state index contributed by atoms with van der Waals surface area (Å²) in [6.45, 7) is 1.28. The Kier molecular flexibility index (Phi) is 7.16. The number of amides is 1. The predicted molar refractivity (Wildman–Crippen MR) is 99.2 cm³/mol. The molecule has 1 aromatic carbocycles. The fourth-order valence-corrected chi connectivity index (χ4v) is 3.08. The second kappa shape index (κ2) is 9.63. The van der Waals surface area contributed by atoms with Crippen molar-refractivity contribution < 1.29 is 31.9 Å². The minimum absolute atomic E-state index is 0.0908. The minimum Gasteiger partial charge on any atom is -0.447 e. The summed E-state index contributed by atoms with van der Waals surface area (Å²) in [7, 11) is 0. The molecule has 2 N–H and O–H groups in total. The average molecular weight is 449 g/mol. The molecule has 1 saturated heterocycles. The normalized spacial score (nSPS) is 19.5. The molecule has 3 rings (SSSR count). The van der Waals surface area contributed by atoms with Gasteiger partial charge in [0.2, 0.25) is 5.89 Å². The molecule has 0 bridgehead atoms. The summed E-state index contributed by atoms with van der Waals surface area (Å²) in [5.41, 5.74) is 1.38. The van der Waals surface area contributed by atoms with Gasteiger partial charge in [0.05, 0.1) is 12.6 Å². The van der Waals surface area contributed by atoms with Gasteiger partial charge >= 0.3 is 12.4 Å². The fraction of sp³-hybridized carbons (Fsp3) is 0.500. The first-order valence-corrected chi connectivity index (χ1v) is 9.56. The van der Waals surface area contributed by atoms with E-state index in [1.54, 1.807) is 18.2 Å². The molecule has 0 spiro atoms. The Bertz CT molecular complexity index is 869. The molecule has 0 saturated carbocycles. The molecule has 12 heteroatoms. The lowest BCUT2D eigenvalue weighted by Gasteiger charge is -2.28. The highest BCUT2D eigenvalue weighted by molar-refractivity contribution is 6.31. The first kappa shape index (κ1) is 22.3. The van der Waals surface area contributed by atoms with Crippen molar-refractivity contribution >= 4 is 17.5 Å². The molecule has 1 fully saturated rings. The summed E-state index contributed by atoms with van der Waals surface area (Å²) in [6, 6.07) is 4.80. The van der Waals surface area contributed by atoms with Crippen LogP contribution in [0.15, 0.2) is 22.6 Å². The van der Waals surface area contributed by atoms with E-state index in [9.17, 15) is 18.0 Å². The van der Waals surface area contributed by atoms with E-state index in [1.165, 1.54) is 0 Å². The van der Waals surface area contributed by atoms with E-state index in [-0.39, 0.29) is 36.6 Å². The van der Waals surface area contributed by atoms with Gasteiger partial charge in [0.1, 0.15) is 6.61 Å². The molecule has 0 unspecified atom stereocenters. The largest absolute Gasteiger partial charge is 0.522 e. The van der Waals surface area contributed by atoms with Crippen LogP contribution in [-0.2, 0) is 4.74 Å². The van der Waals surface area contributed by atoms with Crippen LogP contribution in [0, 0.1) is 6.92 Å². The van der Waals surface area contributed by atoms with Crippen LogP contribution in [0.3, 0.4) is 0 Å². The fourth-order valence-electron chi connectivity index (χ4n) is 2.90. The molecular formula is C18H20ClF3N4O4. The molecule has 2 aromatic rings. The van der Waals surface area contributed by atoms with Crippen LogP contribution >= 0.6 is 11.6 Å². The van der Waals surface area contributed by atoms with E-state index < -0.39 is 13.0 Å². The standard InChI is InChI=1S/C18H20ClF3N4O4/c1-10-2-3-11(8-13(10)19)15(27)24-12-4-5-14(23-9-12)16-25-26-17(30-16)28-6-7-29-18(20,21)22/h2-3,8,12,14,23H,4-7,9H2,1H3,(H,24,27)/t12-,14+/m0/s1. The van der Waals surface area contributed by atoms with Crippen LogP contribution in [0.25, 0.3) is 0 Å². The Labute approximate surface area is 175 Å². The van der Waals surface area contributed by atoms with Crippen LogP contribution in [0.4, 0.5) is 13.2 Å².